The van der Waals surface area contributed by atoms with Gasteiger partial charge in [0.05, 0.1) is 11.4 Å². The highest BCUT2D eigenvalue weighted by molar-refractivity contribution is 7.99. The van der Waals surface area contributed by atoms with Crippen LogP contribution in [0.4, 0.5) is 11.4 Å². The van der Waals surface area contributed by atoms with Crippen molar-refractivity contribution in [2.45, 2.75) is 19.6 Å². The van der Waals surface area contributed by atoms with Crippen molar-refractivity contribution >= 4 is 40.6 Å². The second kappa shape index (κ2) is 8.71. The lowest BCUT2D eigenvalue weighted by Crippen LogP contribution is -2.16. The molecule has 0 spiro atoms. The summed E-state index contributed by atoms with van der Waals surface area (Å²) in [6.07, 6.45) is 1.75. The van der Waals surface area contributed by atoms with Crippen LogP contribution in [0.2, 0.25) is 0 Å². The zero-order valence-corrected chi connectivity index (χ0v) is 16.4. The number of nitrogens with zero attached hydrogens (tertiary/aromatic N) is 2. The molecule has 0 saturated carbocycles. The molecule has 7 nitrogen and oxygen atoms in total. The van der Waals surface area contributed by atoms with Gasteiger partial charge in [0.15, 0.2) is 0 Å². The standard InChI is InChI=1S/C20H20N4O3S/c1-13-6-7-18-22-17(9-20(27)24(18)10-13)11-28-12-19(26)23-16-5-3-4-15(8-16)21-14(2)25/h3-10H,11-12H2,1-2H3,(H,21,25)(H,23,26). The van der Waals surface area contributed by atoms with Crippen LogP contribution in [0, 0.1) is 6.92 Å². The lowest BCUT2D eigenvalue weighted by molar-refractivity contribution is -0.114. The number of nitrogens with one attached hydrogen (secondary N) is 2. The van der Waals surface area contributed by atoms with Crippen molar-refractivity contribution in [1.29, 1.82) is 0 Å². The minimum absolute atomic E-state index is 0.136. The minimum atomic E-state index is -0.173. The highest BCUT2D eigenvalue weighted by Gasteiger charge is 2.07. The van der Waals surface area contributed by atoms with Gasteiger partial charge in [0.1, 0.15) is 5.65 Å². The Bertz CT molecular complexity index is 1090. The SMILES string of the molecule is CC(=O)Nc1cccc(NC(=O)CSCc2cc(=O)n3cc(C)ccc3n2)c1. The van der Waals surface area contributed by atoms with Crippen LogP contribution >= 0.6 is 11.8 Å². The van der Waals surface area contributed by atoms with E-state index in [2.05, 4.69) is 15.6 Å². The van der Waals surface area contributed by atoms with Crippen LogP contribution in [-0.4, -0.2) is 27.0 Å². The Morgan fingerprint density at radius 1 is 1.11 bits per heavy atom. The maximum Gasteiger partial charge on any atom is 0.258 e. The molecule has 1 aromatic carbocycles. The molecule has 8 heteroatoms. The summed E-state index contributed by atoms with van der Waals surface area (Å²) in [6, 6.07) is 12.1. The lowest BCUT2D eigenvalue weighted by atomic mass is 10.2. The number of amides is 2. The fraction of sp³-hybridized carbons (Fsp3) is 0.200. The number of hydrogen-bond acceptors (Lipinski definition) is 5. The van der Waals surface area contributed by atoms with Crippen LogP contribution in [-0.2, 0) is 15.3 Å². The summed E-state index contributed by atoms with van der Waals surface area (Å²) >= 11 is 1.38. The number of aromatic nitrogens is 2. The predicted molar refractivity (Wildman–Crippen MR) is 112 cm³/mol. The molecule has 0 aliphatic heterocycles. The Balaban J connectivity index is 1.57. The molecular formula is C20H20N4O3S. The number of aryl methyl sites for hydroxylation is 1. The zero-order chi connectivity index (χ0) is 20.1. The molecule has 0 atom stereocenters. The Labute approximate surface area is 166 Å². The number of thioether (sulfide) groups is 1. The van der Waals surface area contributed by atoms with Crippen molar-refractivity contribution in [1.82, 2.24) is 9.38 Å². The first-order valence-corrected chi connectivity index (χ1v) is 9.80. The van der Waals surface area contributed by atoms with E-state index in [4.69, 9.17) is 0 Å². The fourth-order valence-electron chi connectivity index (χ4n) is 2.66. The van der Waals surface area contributed by atoms with Gasteiger partial charge in [-0.2, -0.15) is 0 Å². The first kappa shape index (κ1) is 19.6. The Morgan fingerprint density at radius 2 is 1.86 bits per heavy atom. The van der Waals surface area contributed by atoms with Gasteiger partial charge >= 0.3 is 0 Å². The smallest absolute Gasteiger partial charge is 0.258 e. The van der Waals surface area contributed by atoms with E-state index in [9.17, 15) is 14.4 Å². The zero-order valence-electron chi connectivity index (χ0n) is 15.6. The van der Waals surface area contributed by atoms with E-state index in [0.717, 1.165) is 5.56 Å². The first-order chi connectivity index (χ1) is 13.4. The monoisotopic (exact) mass is 396 g/mol. The van der Waals surface area contributed by atoms with Crippen LogP contribution in [0.15, 0.2) is 53.5 Å². The molecule has 2 heterocycles. The summed E-state index contributed by atoms with van der Waals surface area (Å²) < 4.78 is 1.51. The van der Waals surface area contributed by atoms with E-state index < -0.39 is 0 Å². The summed E-state index contributed by atoms with van der Waals surface area (Å²) in [7, 11) is 0. The number of rotatable bonds is 6. The quantitative estimate of drug-likeness (QED) is 0.668. The molecule has 0 aliphatic carbocycles. The highest BCUT2D eigenvalue weighted by Crippen LogP contribution is 2.16. The van der Waals surface area contributed by atoms with E-state index in [1.165, 1.54) is 29.2 Å². The van der Waals surface area contributed by atoms with Crippen molar-refractivity contribution in [3.63, 3.8) is 0 Å². The molecule has 144 valence electrons. The normalized spacial score (nSPS) is 10.6. The lowest BCUT2D eigenvalue weighted by Gasteiger charge is -2.08. The van der Waals surface area contributed by atoms with Crippen LogP contribution in [0.1, 0.15) is 18.2 Å². The van der Waals surface area contributed by atoms with Gasteiger partial charge < -0.3 is 10.6 Å². The van der Waals surface area contributed by atoms with Crippen LogP contribution in [0.3, 0.4) is 0 Å². The van der Waals surface area contributed by atoms with E-state index in [1.807, 2.05) is 13.0 Å². The van der Waals surface area contributed by atoms with Gasteiger partial charge in [-0.3, -0.25) is 18.8 Å². The molecule has 2 N–H and O–H groups in total. The minimum Gasteiger partial charge on any atom is -0.326 e. The Hall–Kier alpha value is -3.13. The average molecular weight is 396 g/mol. The third kappa shape index (κ3) is 5.20. The van der Waals surface area contributed by atoms with Crippen LogP contribution in [0.25, 0.3) is 5.65 Å². The van der Waals surface area contributed by atoms with Crippen molar-refractivity contribution < 1.29 is 9.59 Å². The molecule has 0 saturated heterocycles. The number of benzene rings is 1. The van der Waals surface area contributed by atoms with E-state index in [1.54, 1.807) is 36.5 Å². The molecule has 28 heavy (non-hydrogen) atoms. The van der Waals surface area contributed by atoms with Crippen molar-refractivity contribution in [3.8, 4) is 0 Å². The molecule has 0 unspecified atom stereocenters. The summed E-state index contributed by atoms with van der Waals surface area (Å²) in [4.78, 5) is 39.9. The van der Waals surface area contributed by atoms with Gasteiger partial charge in [0, 0.05) is 36.3 Å². The Kier molecular flexibility index (Phi) is 6.10. The average Bonchev–Trinajstić information content (AvgIpc) is 2.62. The molecule has 2 amide bonds. The summed E-state index contributed by atoms with van der Waals surface area (Å²) in [5, 5.41) is 5.46. The fourth-order valence-corrected chi connectivity index (χ4v) is 3.37. The highest BCUT2D eigenvalue weighted by atomic mass is 32.2. The number of pyridine rings is 1. The van der Waals surface area contributed by atoms with Gasteiger partial charge in [0.2, 0.25) is 11.8 Å². The maximum atomic E-state index is 12.2. The van der Waals surface area contributed by atoms with Crippen molar-refractivity contribution in [2.75, 3.05) is 16.4 Å². The number of carbonyl (C=O) groups is 2. The molecular weight excluding hydrogens is 376 g/mol. The summed E-state index contributed by atoms with van der Waals surface area (Å²) in [5.74, 6) is 0.337. The molecule has 0 aliphatic rings. The topological polar surface area (TPSA) is 92.6 Å². The third-order valence-electron chi connectivity index (χ3n) is 3.81. The number of anilines is 2. The summed E-state index contributed by atoms with van der Waals surface area (Å²) in [6.45, 7) is 3.34. The predicted octanol–water partition coefficient (Wildman–Crippen LogP) is 2.83. The summed E-state index contributed by atoms with van der Waals surface area (Å²) in [5.41, 5.74) is 3.30. The maximum absolute atomic E-state index is 12.2. The van der Waals surface area contributed by atoms with Gasteiger partial charge in [0.25, 0.3) is 5.56 Å². The number of carbonyl (C=O) groups excluding carboxylic acids is 2. The molecule has 3 aromatic rings. The van der Waals surface area contributed by atoms with E-state index in [0.29, 0.717) is 28.5 Å². The number of hydrogen-bond donors (Lipinski definition) is 2. The first-order valence-electron chi connectivity index (χ1n) is 8.65. The molecule has 0 fully saturated rings. The van der Waals surface area contributed by atoms with Crippen LogP contribution in [0.5, 0.6) is 0 Å². The second-order valence-electron chi connectivity index (χ2n) is 6.32. The molecule has 2 aromatic heterocycles. The van der Waals surface area contributed by atoms with Crippen molar-refractivity contribution in [2.24, 2.45) is 0 Å². The molecule has 0 radical (unpaired) electrons. The van der Waals surface area contributed by atoms with Gasteiger partial charge in [-0.25, -0.2) is 4.98 Å². The van der Waals surface area contributed by atoms with Gasteiger partial charge in [-0.15, -0.1) is 11.8 Å². The largest absolute Gasteiger partial charge is 0.326 e. The molecule has 0 bridgehead atoms. The van der Waals surface area contributed by atoms with E-state index >= 15 is 0 Å². The van der Waals surface area contributed by atoms with Crippen LogP contribution < -0.4 is 16.2 Å². The van der Waals surface area contributed by atoms with Gasteiger partial charge in [-0.1, -0.05) is 12.1 Å². The Morgan fingerprint density at radius 3 is 2.61 bits per heavy atom. The van der Waals surface area contributed by atoms with Crippen molar-refractivity contribution in [3.05, 3.63) is 70.3 Å². The third-order valence-corrected chi connectivity index (χ3v) is 4.78. The second-order valence-corrected chi connectivity index (χ2v) is 7.31. The number of fused-ring (bicyclic) bond motifs is 1. The molecule has 3 rings (SSSR count). The van der Waals surface area contributed by atoms with Gasteiger partial charge in [-0.05, 0) is 36.8 Å². The van der Waals surface area contributed by atoms with E-state index in [-0.39, 0.29) is 23.1 Å².